The van der Waals surface area contributed by atoms with Gasteiger partial charge in [-0.05, 0) is 127 Å². The molecular weight excluding hydrogens is 1510 g/mol. The lowest BCUT2D eigenvalue weighted by Gasteiger charge is -2.11. The normalized spacial score (nSPS) is 11.4. The second kappa shape index (κ2) is 31.5. The summed E-state index contributed by atoms with van der Waals surface area (Å²) in [6, 6.07) is 137. The first kappa shape index (κ1) is 72.5. The summed E-state index contributed by atoms with van der Waals surface area (Å²) in [6.45, 7) is 0. The van der Waals surface area contributed by atoms with Gasteiger partial charge in [-0.1, -0.05) is 328 Å². The van der Waals surface area contributed by atoms with Gasteiger partial charge in [-0.3, -0.25) is 0 Å². The standard InChI is InChI=1S/C37H23N3O.2C36H22N4O/c1-4-10-25(11-5-1)31-23-32(26-12-6-2-7-13-26)39-36(38-31)29-19-17-24-16-18-27-20-21-33-35(34(27)30(24)22-29)40-37(41-33)28-14-8-3-9-15-28;1-4-10-25(11-5-1)33-38-34(26-12-6-2-7-13-26)40-35(39-33)28-19-17-23-16-18-24-20-21-30-32(31(24)29(23)22-28)37-36(41-30)27-14-8-3-9-15-27;1-4-10-25(11-5-1)33-38-34(26-12-6-2-7-13-26)40-35(39-33)28-19-17-23-16-18-24-20-21-30-32(31(24)29(23)22-28)41-36(37-30)27-14-8-3-9-15-27/h1-23H;2*1-22H. The van der Waals surface area contributed by atoms with Crippen LogP contribution < -0.4 is 0 Å². The van der Waals surface area contributed by atoms with E-state index < -0.39 is 0 Å². The number of nitrogens with zero attached hydrogens (tertiary/aromatic N) is 11. The molecule has 0 atom stereocenters. The lowest BCUT2D eigenvalue weighted by molar-refractivity contribution is 0.619. The molecule has 0 spiro atoms. The van der Waals surface area contributed by atoms with Crippen molar-refractivity contribution in [1.29, 1.82) is 0 Å². The first-order valence-corrected chi connectivity index (χ1v) is 40.6. The zero-order valence-electron chi connectivity index (χ0n) is 65.8. The molecule has 0 N–H and O–H groups in total. The van der Waals surface area contributed by atoms with Crippen molar-refractivity contribution in [2.75, 3.05) is 0 Å². The highest BCUT2D eigenvalue weighted by Gasteiger charge is 2.22. The lowest BCUT2D eigenvalue weighted by atomic mass is 9.98. The third kappa shape index (κ3) is 14.2. The van der Waals surface area contributed by atoms with Crippen molar-refractivity contribution < 1.29 is 13.3 Å². The molecule has 14 heteroatoms. The highest BCUT2D eigenvalue weighted by Crippen LogP contribution is 2.42. The lowest BCUT2D eigenvalue weighted by Crippen LogP contribution is -2.00. The van der Waals surface area contributed by atoms with E-state index in [1.807, 2.05) is 267 Å². The molecule has 0 aliphatic rings. The Hall–Kier alpha value is -17.0. The summed E-state index contributed by atoms with van der Waals surface area (Å²) in [6.07, 6.45) is 0. The van der Waals surface area contributed by atoms with Gasteiger partial charge >= 0.3 is 0 Å². The fourth-order valence-corrected chi connectivity index (χ4v) is 16.1. The van der Waals surface area contributed by atoms with Gasteiger partial charge in [0.05, 0.1) is 11.4 Å². The van der Waals surface area contributed by atoms with Crippen molar-refractivity contribution >= 4 is 97.9 Å². The fourth-order valence-electron chi connectivity index (χ4n) is 16.1. The number of rotatable bonds is 12. The maximum Gasteiger partial charge on any atom is 0.227 e. The molecule has 0 aliphatic heterocycles. The smallest absolute Gasteiger partial charge is 0.227 e. The van der Waals surface area contributed by atoms with Gasteiger partial charge in [-0.25, -0.2) is 54.8 Å². The van der Waals surface area contributed by atoms with Gasteiger partial charge in [0.2, 0.25) is 17.7 Å². The molecule has 14 nitrogen and oxygen atoms in total. The largest absolute Gasteiger partial charge is 0.436 e. The average Bonchev–Trinajstić information content (AvgIpc) is 1.68. The van der Waals surface area contributed by atoms with Crippen LogP contribution in [0.4, 0.5) is 0 Å². The van der Waals surface area contributed by atoms with Crippen LogP contribution in [-0.2, 0) is 0 Å². The van der Waals surface area contributed by atoms with Crippen molar-refractivity contribution in [1.82, 2.24) is 54.8 Å². The van der Waals surface area contributed by atoms with Crippen LogP contribution in [-0.4, -0.2) is 54.8 Å². The zero-order chi connectivity index (χ0) is 81.5. The van der Waals surface area contributed by atoms with E-state index in [1.54, 1.807) is 0 Å². The molecule has 123 heavy (non-hydrogen) atoms. The third-order valence-electron chi connectivity index (χ3n) is 22.2. The van der Waals surface area contributed by atoms with E-state index >= 15 is 0 Å². The highest BCUT2D eigenvalue weighted by molar-refractivity contribution is 6.21. The number of benzene rings is 18. The van der Waals surface area contributed by atoms with Gasteiger partial charge < -0.3 is 13.3 Å². The van der Waals surface area contributed by atoms with Gasteiger partial charge in [0.1, 0.15) is 16.6 Å². The van der Waals surface area contributed by atoms with Crippen LogP contribution in [0.3, 0.4) is 0 Å². The maximum atomic E-state index is 6.42. The molecule has 18 aromatic carbocycles. The summed E-state index contributed by atoms with van der Waals surface area (Å²) in [4.78, 5) is 54.3. The summed E-state index contributed by atoms with van der Waals surface area (Å²) in [5.74, 6) is 6.31. The number of aromatic nitrogens is 11. The predicted octanol–water partition coefficient (Wildman–Crippen LogP) is 27.6. The molecule has 24 aromatic rings. The average molecular weight is 1580 g/mol. The van der Waals surface area contributed by atoms with Crippen LogP contribution in [0.25, 0.3) is 235 Å². The van der Waals surface area contributed by atoms with Gasteiger partial charge in [0.25, 0.3) is 0 Å². The van der Waals surface area contributed by atoms with Crippen molar-refractivity contribution in [2.45, 2.75) is 0 Å². The van der Waals surface area contributed by atoms with Gasteiger partial charge in [0, 0.05) is 82.9 Å². The van der Waals surface area contributed by atoms with E-state index in [2.05, 4.69) is 140 Å². The topological polar surface area (TPSA) is 181 Å². The molecule has 0 unspecified atom stereocenters. The summed E-state index contributed by atoms with van der Waals surface area (Å²) in [5, 5.41) is 13.0. The molecule has 0 saturated carbocycles. The Bertz CT molecular complexity index is 7160. The van der Waals surface area contributed by atoms with Gasteiger partial charge in [0.15, 0.2) is 57.5 Å². The Balaban J connectivity index is 0.000000110. The van der Waals surface area contributed by atoms with Crippen molar-refractivity contribution in [3.63, 3.8) is 0 Å². The molecule has 0 saturated heterocycles. The zero-order valence-corrected chi connectivity index (χ0v) is 65.8. The summed E-state index contributed by atoms with van der Waals surface area (Å²) in [5.41, 5.74) is 18.1. The molecule has 576 valence electrons. The van der Waals surface area contributed by atoms with Gasteiger partial charge in [-0.15, -0.1) is 0 Å². The van der Waals surface area contributed by atoms with Crippen LogP contribution >= 0.6 is 0 Å². The first-order valence-electron chi connectivity index (χ1n) is 40.6. The van der Waals surface area contributed by atoms with E-state index in [9.17, 15) is 0 Å². The van der Waals surface area contributed by atoms with Crippen molar-refractivity contribution in [3.05, 3.63) is 406 Å². The summed E-state index contributed by atoms with van der Waals surface area (Å²) in [7, 11) is 0. The molecule has 0 fully saturated rings. The molecule has 0 amide bonds. The first-order chi connectivity index (χ1) is 60.9. The van der Waals surface area contributed by atoms with E-state index in [1.165, 1.54) is 0 Å². The molecule has 6 heterocycles. The minimum Gasteiger partial charge on any atom is -0.436 e. The van der Waals surface area contributed by atoms with E-state index in [0.29, 0.717) is 58.4 Å². The summed E-state index contributed by atoms with van der Waals surface area (Å²) >= 11 is 0. The van der Waals surface area contributed by atoms with Crippen LogP contribution in [0.5, 0.6) is 0 Å². The third-order valence-corrected chi connectivity index (χ3v) is 22.2. The second-order valence-corrected chi connectivity index (χ2v) is 30.0. The minimum absolute atomic E-state index is 0.610. The van der Waals surface area contributed by atoms with Crippen molar-refractivity contribution in [2.24, 2.45) is 0 Å². The summed E-state index contributed by atoms with van der Waals surface area (Å²) < 4.78 is 18.9. The Kier molecular flexibility index (Phi) is 18.5. The van der Waals surface area contributed by atoms with Crippen LogP contribution in [0.15, 0.2) is 420 Å². The van der Waals surface area contributed by atoms with E-state index in [4.69, 9.17) is 68.1 Å². The van der Waals surface area contributed by atoms with Crippen LogP contribution in [0.1, 0.15) is 0 Å². The van der Waals surface area contributed by atoms with E-state index in [0.717, 1.165) is 176 Å². The Labute approximate surface area is 704 Å². The predicted molar refractivity (Wildman–Crippen MR) is 495 cm³/mol. The number of fused-ring (bicyclic) bond motifs is 15. The van der Waals surface area contributed by atoms with E-state index in [-0.39, 0.29) is 0 Å². The monoisotopic (exact) mass is 1580 g/mol. The Morgan fingerprint density at radius 1 is 0.163 bits per heavy atom. The molecule has 24 rings (SSSR count). The Morgan fingerprint density at radius 3 is 0.756 bits per heavy atom. The van der Waals surface area contributed by atoms with Crippen molar-refractivity contribution in [3.8, 4) is 137 Å². The second-order valence-electron chi connectivity index (χ2n) is 30.0. The fraction of sp³-hybridized carbons (Fsp3) is 0. The maximum absolute atomic E-state index is 6.42. The molecule has 6 aromatic heterocycles. The molecule has 0 radical (unpaired) electrons. The number of hydrogen-bond donors (Lipinski definition) is 0. The highest BCUT2D eigenvalue weighted by atomic mass is 16.4. The quantitative estimate of drug-likeness (QED) is 0.105. The minimum atomic E-state index is 0.610. The molecule has 0 aliphatic carbocycles. The van der Waals surface area contributed by atoms with Crippen LogP contribution in [0.2, 0.25) is 0 Å². The number of oxazole rings is 3. The van der Waals surface area contributed by atoms with Gasteiger partial charge in [-0.2, -0.15) is 0 Å². The molecule has 0 bridgehead atoms. The number of hydrogen-bond acceptors (Lipinski definition) is 14. The molecular formula is C109H67N11O3. The Morgan fingerprint density at radius 2 is 0.415 bits per heavy atom. The van der Waals surface area contributed by atoms with Crippen LogP contribution in [0, 0.1) is 0 Å². The SMILES string of the molecule is c1ccc(-c2cc(-c3ccccc3)nc(-c3ccc4ccc5ccc6oc(-c7ccccc7)nc6c5c4c3)n2)cc1.c1ccc(-c2nc(-c3ccccc3)nc(-c3ccc4ccc5ccc6nc(-c7ccccc7)oc6c5c4c3)n2)cc1.c1ccc(-c2nc(-c3ccccc3)nc(-c3ccc4ccc5ccc6oc(-c7ccccc7)nc6c5c4c3)n2)cc1.